The molecule has 204 valence electrons. The number of nitrogens with zero attached hydrogens (tertiary/aromatic N) is 4. The maximum absolute atomic E-state index is 13.5. The minimum atomic E-state index is -0.730. The van der Waals surface area contributed by atoms with Gasteiger partial charge in [-0.05, 0) is 86.1 Å². The van der Waals surface area contributed by atoms with Crippen LogP contribution in [-0.2, 0) is 24.2 Å². The van der Waals surface area contributed by atoms with Gasteiger partial charge in [0.1, 0.15) is 5.82 Å². The monoisotopic (exact) mass is 528 g/mol. The fourth-order valence-electron chi connectivity index (χ4n) is 5.45. The second-order valence-electron chi connectivity index (χ2n) is 10.5. The quantitative estimate of drug-likeness (QED) is 0.283. The highest BCUT2D eigenvalue weighted by molar-refractivity contribution is 5.79. The Morgan fingerprint density at radius 3 is 2.15 bits per heavy atom. The number of benzene rings is 3. The lowest BCUT2D eigenvalue weighted by Crippen LogP contribution is -2.38. The molecule has 4 aromatic rings. The van der Waals surface area contributed by atoms with E-state index in [1.54, 1.807) is 0 Å². The minimum Gasteiger partial charge on any atom is -0.481 e. The van der Waals surface area contributed by atoms with Crippen LogP contribution in [0, 0.1) is 5.82 Å². The van der Waals surface area contributed by atoms with Crippen LogP contribution in [0.1, 0.15) is 42.4 Å². The van der Waals surface area contributed by atoms with Crippen molar-refractivity contribution in [2.24, 2.45) is 0 Å². The van der Waals surface area contributed by atoms with E-state index in [2.05, 4.69) is 50.8 Å². The maximum atomic E-state index is 13.5. The zero-order valence-corrected chi connectivity index (χ0v) is 22.4. The van der Waals surface area contributed by atoms with Crippen LogP contribution >= 0.6 is 0 Å². The van der Waals surface area contributed by atoms with Gasteiger partial charge in [0.25, 0.3) is 0 Å². The van der Waals surface area contributed by atoms with Crippen LogP contribution in [0.3, 0.4) is 0 Å². The van der Waals surface area contributed by atoms with Crippen LogP contribution in [0.5, 0.6) is 0 Å². The number of fused-ring (bicyclic) bond motifs is 1. The number of carbonyl (C=O) groups is 1. The van der Waals surface area contributed by atoms with Gasteiger partial charge in [-0.2, -0.15) is 0 Å². The van der Waals surface area contributed by atoms with Gasteiger partial charge in [0.15, 0.2) is 0 Å². The molecule has 39 heavy (non-hydrogen) atoms. The number of carboxylic acid groups (broad SMARTS) is 1. The summed E-state index contributed by atoms with van der Waals surface area (Å²) in [5, 5.41) is 8.82. The summed E-state index contributed by atoms with van der Waals surface area (Å²) in [6, 6.07) is 23.7. The summed E-state index contributed by atoms with van der Waals surface area (Å²) in [6.07, 6.45) is 4.88. The zero-order valence-electron chi connectivity index (χ0n) is 22.4. The number of aryl methyl sites for hydroxylation is 1. The van der Waals surface area contributed by atoms with E-state index < -0.39 is 5.97 Å². The third-order valence-electron chi connectivity index (χ3n) is 7.57. The number of aromatic nitrogens is 2. The molecular weight excluding hydrogens is 491 g/mol. The van der Waals surface area contributed by atoms with Gasteiger partial charge >= 0.3 is 5.97 Å². The van der Waals surface area contributed by atoms with Gasteiger partial charge in [-0.3, -0.25) is 4.79 Å². The van der Waals surface area contributed by atoms with E-state index in [0.29, 0.717) is 13.0 Å². The first-order valence-corrected chi connectivity index (χ1v) is 14.0. The molecular formula is C32H37FN4O2. The molecule has 2 heterocycles. The minimum absolute atomic E-state index is 0.215. The number of aliphatic carboxylic acids is 1. The topological polar surface area (TPSA) is 61.6 Å². The molecule has 6 nitrogen and oxygen atoms in total. The lowest BCUT2D eigenvalue weighted by Gasteiger charge is -2.31. The fourth-order valence-corrected chi connectivity index (χ4v) is 5.45. The lowest BCUT2D eigenvalue weighted by molar-refractivity contribution is -0.137. The fraction of sp³-hybridized carbons (Fsp3) is 0.375. The maximum Gasteiger partial charge on any atom is 0.303 e. The highest BCUT2D eigenvalue weighted by Crippen LogP contribution is 2.25. The van der Waals surface area contributed by atoms with E-state index in [9.17, 15) is 9.18 Å². The molecule has 0 unspecified atom stereocenters. The second kappa shape index (κ2) is 12.9. The van der Waals surface area contributed by atoms with Crippen LogP contribution < -0.4 is 4.90 Å². The number of para-hydroxylation sites is 2. The Morgan fingerprint density at radius 1 is 0.821 bits per heavy atom. The SMILES string of the molecule is O=C(O)CCCc1ccc(CCN2CCCN(c3nc4ccccc4n3Cc3ccc(F)cc3)CCC2)cc1. The molecule has 1 aliphatic rings. The number of hydrogen-bond donors (Lipinski definition) is 1. The predicted molar refractivity (Wildman–Crippen MR) is 154 cm³/mol. The van der Waals surface area contributed by atoms with E-state index in [-0.39, 0.29) is 12.2 Å². The first-order chi connectivity index (χ1) is 19.0. The van der Waals surface area contributed by atoms with Crippen molar-refractivity contribution in [1.29, 1.82) is 0 Å². The van der Waals surface area contributed by atoms with E-state index in [1.807, 2.05) is 24.3 Å². The van der Waals surface area contributed by atoms with Gasteiger partial charge in [-0.25, -0.2) is 9.37 Å². The predicted octanol–water partition coefficient (Wildman–Crippen LogP) is 5.78. The van der Waals surface area contributed by atoms with Crippen LogP contribution in [0.15, 0.2) is 72.8 Å². The van der Waals surface area contributed by atoms with Crippen LogP contribution in [0.25, 0.3) is 11.0 Å². The molecule has 0 spiro atoms. The first-order valence-electron chi connectivity index (χ1n) is 14.0. The number of imidazole rings is 1. The number of hydrogen-bond acceptors (Lipinski definition) is 4. The Balaban J connectivity index is 1.17. The summed E-state index contributed by atoms with van der Waals surface area (Å²) in [6.45, 7) is 5.73. The lowest BCUT2D eigenvalue weighted by atomic mass is 10.0. The Morgan fingerprint density at radius 2 is 1.46 bits per heavy atom. The average molecular weight is 529 g/mol. The summed E-state index contributed by atoms with van der Waals surface area (Å²) in [5.74, 6) is 0.0526. The molecule has 1 N–H and O–H groups in total. The molecule has 1 aromatic heterocycles. The van der Waals surface area contributed by atoms with Crippen molar-refractivity contribution in [2.75, 3.05) is 37.6 Å². The molecule has 1 saturated heterocycles. The number of anilines is 1. The van der Waals surface area contributed by atoms with E-state index in [4.69, 9.17) is 10.1 Å². The summed E-state index contributed by atoms with van der Waals surface area (Å²) in [4.78, 5) is 20.7. The molecule has 0 amide bonds. The molecule has 0 saturated carbocycles. The molecule has 3 aromatic carbocycles. The standard InChI is InChI=1S/C32H37FN4O2/c33-28-16-14-27(15-17-28)24-37-30-8-2-1-7-29(30)34-32(37)36-21-4-19-35(20-5-22-36)23-18-26-12-10-25(11-13-26)6-3-9-31(38)39/h1-2,7-8,10-17H,3-6,9,18-24H2,(H,38,39). The summed E-state index contributed by atoms with van der Waals surface area (Å²) >= 11 is 0. The Labute approximate surface area is 229 Å². The van der Waals surface area contributed by atoms with Crippen molar-refractivity contribution >= 4 is 23.0 Å². The Kier molecular flexibility index (Phi) is 8.89. The normalized spacial score (nSPS) is 14.8. The van der Waals surface area contributed by atoms with Gasteiger partial charge < -0.3 is 19.5 Å². The van der Waals surface area contributed by atoms with Crippen molar-refractivity contribution in [3.8, 4) is 0 Å². The van der Waals surface area contributed by atoms with E-state index >= 15 is 0 Å². The first kappa shape index (κ1) is 26.9. The number of carboxylic acids is 1. The van der Waals surface area contributed by atoms with Gasteiger partial charge in [0.05, 0.1) is 17.6 Å². The number of halogens is 1. The molecule has 0 aliphatic carbocycles. The molecule has 1 fully saturated rings. The molecule has 1 aliphatic heterocycles. The van der Waals surface area contributed by atoms with Gasteiger partial charge in [0, 0.05) is 26.1 Å². The smallest absolute Gasteiger partial charge is 0.303 e. The third-order valence-corrected chi connectivity index (χ3v) is 7.57. The van der Waals surface area contributed by atoms with Crippen molar-refractivity contribution < 1.29 is 14.3 Å². The molecule has 0 bridgehead atoms. The van der Waals surface area contributed by atoms with Crippen molar-refractivity contribution in [2.45, 2.75) is 45.1 Å². The molecule has 7 heteroatoms. The van der Waals surface area contributed by atoms with Gasteiger partial charge in [-0.1, -0.05) is 48.5 Å². The summed E-state index contributed by atoms with van der Waals surface area (Å²) in [5.41, 5.74) is 5.69. The van der Waals surface area contributed by atoms with Gasteiger partial charge in [-0.15, -0.1) is 0 Å². The highest BCUT2D eigenvalue weighted by atomic mass is 19.1. The molecule has 0 atom stereocenters. The zero-order chi connectivity index (χ0) is 27.0. The molecule has 5 rings (SSSR count). The highest BCUT2D eigenvalue weighted by Gasteiger charge is 2.20. The van der Waals surface area contributed by atoms with E-state index in [1.165, 1.54) is 23.3 Å². The van der Waals surface area contributed by atoms with Crippen LogP contribution in [-0.4, -0.2) is 58.3 Å². The van der Waals surface area contributed by atoms with Crippen molar-refractivity contribution in [1.82, 2.24) is 14.5 Å². The van der Waals surface area contributed by atoms with Crippen molar-refractivity contribution in [3.63, 3.8) is 0 Å². The number of rotatable bonds is 10. The summed E-state index contributed by atoms with van der Waals surface area (Å²) < 4.78 is 15.8. The molecule has 0 radical (unpaired) electrons. The largest absolute Gasteiger partial charge is 0.481 e. The van der Waals surface area contributed by atoms with Crippen LogP contribution in [0.2, 0.25) is 0 Å². The van der Waals surface area contributed by atoms with Crippen LogP contribution in [0.4, 0.5) is 10.3 Å². The van der Waals surface area contributed by atoms with E-state index in [0.717, 1.165) is 81.0 Å². The summed E-state index contributed by atoms with van der Waals surface area (Å²) in [7, 11) is 0. The van der Waals surface area contributed by atoms with Gasteiger partial charge in [0.2, 0.25) is 5.95 Å². The second-order valence-corrected chi connectivity index (χ2v) is 10.5. The van der Waals surface area contributed by atoms with Crippen molar-refractivity contribution in [3.05, 3.63) is 95.3 Å². The third kappa shape index (κ3) is 7.24. The average Bonchev–Trinajstić information content (AvgIpc) is 3.28. The Hall–Kier alpha value is -3.71. The Bertz CT molecular complexity index is 1360.